The van der Waals surface area contributed by atoms with Crippen LogP contribution in [-0.2, 0) is 11.3 Å². The summed E-state index contributed by atoms with van der Waals surface area (Å²) in [5, 5.41) is 5.64. The van der Waals surface area contributed by atoms with E-state index >= 15 is 0 Å². The standard InChI is InChI=1S/C22H22N2O3S/c1-15-9-10-20(16(2)12-15)28-14-21(25)24-19-8-4-3-7-18(19)22(26)23-13-17-6-5-11-27-17/h3-12H,13-14H2,1-2H3,(H,23,26)(H,24,25). The molecule has 0 saturated heterocycles. The molecule has 0 saturated carbocycles. The van der Waals surface area contributed by atoms with Crippen molar-refractivity contribution in [2.45, 2.75) is 25.3 Å². The van der Waals surface area contributed by atoms with Gasteiger partial charge in [-0.1, -0.05) is 29.8 Å². The molecule has 0 aliphatic heterocycles. The quantitative estimate of drug-likeness (QED) is 0.577. The average molecular weight is 394 g/mol. The summed E-state index contributed by atoms with van der Waals surface area (Å²) in [6.07, 6.45) is 1.56. The van der Waals surface area contributed by atoms with Crippen LogP contribution in [-0.4, -0.2) is 17.6 Å². The summed E-state index contributed by atoms with van der Waals surface area (Å²) in [5.41, 5.74) is 3.25. The third kappa shape index (κ3) is 5.27. The highest BCUT2D eigenvalue weighted by Gasteiger charge is 2.14. The van der Waals surface area contributed by atoms with E-state index in [9.17, 15) is 9.59 Å². The van der Waals surface area contributed by atoms with Crippen LogP contribution in [0.5, 0.6) is 0 Å². The minimum absolute atomic E-state index is 0.156. The third-order valence-corrected chi connectivity index (χ3v) is 5.31. The van der Waals surface area contributed by atoms with Crippen molar-refractivity contribution in [1.29, 1.82) is 0 Å². The highest BCUT2D eigenvalue weighted by atomic mass is 32.2. The van der Waals surface area contributed by atoms with Gasteiger partial charge in [0.15, 0.2) is 0 Å². The van der Waals surface area contributed by atoms with Gasteiger partial charge in [-0.15, -0.1) is 11.8 Å². The van der Waals surface area contributed by atoms with Crippen LogP contribution in [0, 0.1) is 13.8 Å². The number of para-hydroxylation sites is 1. The fraction of sp³-hybridized carbons (Fsp3) is 0.182. The minimum Gasteiger partial charge on any atom is -0.467 e. The van der Waals surface area contributed by atoms with E-state index in [1.807, 2.05) is 26.0 Å². The Morgan fingerprint density at radius 2 is 1.86 bits per heavy atom. The Kier molecular flexibility index (Phi) is 6.55. The summed E-state index contributed by atoms with van der Waals surface area (Å²) in [6, 6.07) is 16.7. The molecule has 0 bridgehead atoms. The third-order valence-electron chi connectivity index (χ3n) is 4.14. The van der Waals surface area contributed by atoms with Crippen LogP contribution in [0.1, 0.15) is 27.2 Å². The van der Waals surface area contributed by atoms with Crippen LogP contribution < -0.4 is 10.6 Å². The van der Waals surface area contributed by atoms with Crippen molar-refractivity contribution in [2.24, 2.45) is 0 Å². The molecule has 2 amide bonds. The molecule has 0 atom stereocenters. The second kappa shape index (κ2) is 9.28. The van der Waals surface area contributed by atoms with Gasteiger partial charge < -0.3 is 15.1 Å². The van der Waals surface area contributed by atoms with Crippen molar-refractivity contribution in [3.05, 3.63) is 83.3 Å². The molecule has 0 aliphatic rings. The highest BCUT2D eigenvalue weighted by molar-refractivity contribution is 8.00. The molecule has 3 aromatic rings. The smallest absolute Gasteiger partial charge is 0.253 e. The molecule has 6 heteroatoms. The zero-order valence-electron chi connectivity index (χ0n) is 15.8. The summed E-state index contributed by atoms with van der Waals surface area (Å²) in [7, 11) is 0. The van der Waals surface area contributed by atoms with Gasteiger partial charge in [0, 0.05) is 4.90 Å². The number of aryl methyl sites for hydroxylation is 2. The summed E-state index contributed by atoms with van der Waals surface area (Å²) >= 11 is 1.48. The van der Waals surface area contributed by atoms with E-state index in [2.05, 4.69) is 16.7 Å². The lowest BCUT2D eigenvalue weighted by molar-refractivity contribution is -0.113. The number of anilines is 1. The van der Waals surface area contributed by atoms with E-state index in [1.54, 1.807) is 42.7 Å². The van der Waals surface area contributed by atoms with E-state index in [0.717, 1.165) is 10.5 Å². The fourth-order valence-corrected chi connectivity index (χ4v) is 3.57. The number of benzene rings is 2. The lowest BCUT2D eigenvalue weighted by Gasteiger charge is -2.11. The Morgan fingerprint density at radius 3 is 2.61 bits per heavy atom. The van der Waals surface area contributed by atoms with E-state index in [-0.39, 0.29) is 24.1 Å². The normalized spacial score (nSPS) is 10.5. The molecule has 28 heavy (non-hydrogen) atoms. The number of carbonyl (C=O) groups is 2. The van der Waals surface area contributed by atoms with Crippen LogP contribution in [0.25, 0.3) is 0 Å². The molecule has 0 radical (unpaired) electrons. The van der Waals surface area contributed by atoms with E-state index in [4.69, 9.17) is 4.42 Å². The van der Waals surface area contributed by atoms with Crippen molar-refractivity contribution in [3.63, 3.8) is 0 Å². The molecule has 1 aromatic heterocycles. The molecule has 2 aromatic carbocycles. The highest BCUT2D eigenvalue weighted by Crippen LogP contribution is 2.24. The van der Waals surface area contributed by atoms with Gasteiger partial charge in [0.25, 0.3) is 5.91 Å². The monoisotopic (exact) mass is 394 g/mol. The predicted molar refractivity (Wildman–Crippen MR) is 112 cm³/mol. The lowest BCUT2D eigenvalue weighted by atomic mass is 10.1. The zero-order chi connectivity index (χ0) is 19.9. The van der Waals surface area contributed by atoms with Gasteiger partial charge in [0.05, 0.1) is 29.8 Å². The fourth-order valence-electron chi connectivity index (χ4n) is 2.76. The topological polar surface area (TPSA) is 71.3 Å². The Hall–Kier alpha value is -2.99. The number of hydrogen-bond donors (Lipinski definition) is 2. The first kappa shape index (κ1) is 19.8. The van der Waals surface area contributed by atoms with Gasteiger partial charge in [-0.25, -0.2) is 0 Å². The maximum Gasteiger partial charge on any atom is 0.253 e. The first-order chi connectivity index (χ1) is 13.5. The minimum atomic E-state index is -0.269. The van der Waals surface area contributed by atoms with Gasteiger partial charge >= 0.3 is 0 Å². The van der Waals surface area contributed by atoms with Crippen LogP contribution in [0.15, 0.2) is 70.2 Å². The molecule has 0 aliphatic carbocycles. The molecule has 144 valence electrons. The van der Waals surface area contributed by atoms with E-state index in [1.165, 1.54) is 17.3 Å². The number of carbonyl (C=O) groups excluding carboxylic acids is 2. The largest absolute Gasteiger partial charge is 0.467 e. The Morgan fingerprint density at radius 1 is 1.04 bits per heavy atom. The molecule has 3 rings (SSSR count). The number of thioether (sulfide) groups is 1. The summed E-state index contributed by atoms with van der Waals surface area (Å²) < 4.78 is 5.22. The van der Waals surface area contributed by atoms with Gasteiger partial charge in [-0.05, 0) is 49.7 Å². The van der Waals surface area contributed by atoms with E-state index in [0.29, 0.717) is 17.0 Å². The predicted octanol–water partition coefficient (Wildman–Crippen LogP) is 4.56. The maximum absolute atomic E-state index is 12.5. The number of rotatable bonds is 7. The molecule has 0 fully saturated rings. The zero-order valence-corrected chi connectivity index (χ0v) is 16.6. The van der Waals surface area contributed by atoms with Gasteiger partial charge in [-0.3, -0.25) is 9.59 Å². The number of furan rings is 1. The van der Waals surface area contributed by atoms with Gasteiger partial charge in [-0.2, -0.15) is 0 Å². The van der Waals surface area contributed by atoms with Crippen molar-refractivity contribution in [1.82, 2.24) is 5.32 Å². The Balaban J connectivity index is 1.60. The van der Waals surface area contributed by atoms with Crippen molar-refractivity contribution in [2.75, 3.05) is 11.1 Å². The summed E-state index contributed by atoms with van der Waals surface area (Å²) in [6.45, 7) is 4.37. The maximum atomic E-state index is 12.5. The van der Waals surface area contributed by atoms with Crippen LogP contribution in [0.3, 0.4) is 0 Å². The average Bonchev–Trinajstić information content (AvgIpc) is 3.19. The van der Waals surface area contributed by atoms with Gasteiger partial charge in [0.2, 0.25) is 5.91 Å². The van der Waals surface area contributed by atoms with Crippen molar-refractivity contribution in [3.8, 4) is 0 Å². The summed E-state index contributed by atoms with van der Waals surface area (Å²) in [5.74, 6) is 0.511. The first-order valence-electron chi connectivity index (χ1n) is 8.92. The first-order valence-corrected chi connectivity index (χ1v) is 9.91. The summed E-state index contributed by atoms with van der Waals surface area (Å²) in [4.78, 5) is 26.0. The van der Waals surface area contributed by atoms with Gasteiger partial charge in [0.1, 0.15) is 5.76 Å². The molecule has 5 nitrogen and oxygen atoms in total. The van der Waals surface area contributed by atoms with Crippen molar-refractivity contribution < 1.29 is 14.0 Å². The number of amides is 2. The molecule has 0 unspecified atom stereocenters. The van der Waals surface area contributed by atoms with Crippen LogP contribution in [0.4, 0.5) is 5.69 Å². The second-order valence-electron chi connectivity index (χ2n) is 6.41. The number of hydrogen-bond acceptors (Lipinski definition) is 4. The van der Waals surface area contributed by atoms with Crippen LogP contribution >= 0.6 is 11.8 Å². The molecular weight excluding hydrogens is 372 g/mol. The molecular formula is C22H22N2O3S. The van der Waals surface area contributed by atoms with Crippen LogP contribution in [0.2, 0.25) is 0 Å². The SMILES string of the molecule is Cc1ccc(SCC(=O)Nc2ccccc2C(=O)NCc2ccco2)c(C)c1. The Labute approximate surface area is 168 Å². The van der Waals surface area contributed by atoms with E-state index < -0.39 is 0 Å². The molecule has 0 spiro atoms. The molecule has 1 heterocycles. The Bertz CT molecular complexity index is 968. The number of nitrogens with one attached hydrogen (secondary N) is 2. The molecule has 2 N–H and O–H groups in total. The lowest BCUT2D eigenvalue weighted by Crippen LogP contribution is -2.25. The second-order valence-corrected chi connectivity index (χ2v) is 7.43. The van der Waals surface area contributed by atoms with Crippen molar-refractivity contribution >= 4 is 29.3 Å².